The Morgan fingerprint density at radius 2 is 1.64 bits per heavy atom. The predicted octanol–water partition coefficient (Wildman–Crippen LogP) is 4.46. The molecule has 0 heterocycles. The zero-order valence-electron chi connectivity index (χ0n) is 7.30. The third-order valence-electron chi connectivity index (χ3n) is 1.96. The Hall–Kier alpha value is -0.980. The fourth-order valence-corrected chi connectivity index (χ4v) is 1.68. The summed E-state index contributed by atoms with van der Waals surface area (Å²) in [4.78, 5) is 0. The lowest BCUT2D eigenvalue weighted by molar-refractivity contribution is 1.61. The van der Waals surface area contributed by atoms with Gasteiger partial charge < -0.3 is 0 Å². The molecule has 0 aliphatic carbocycles. The van der Waals surface area contributed by atoms with Gasteiger partial charge in [-0.3, -0.25) is 0 Å². The number of rotatable bonds is 1. The van der Waals surface area contributed by atoms with E-state index in [9.17, 15) is 0 Å². The van der Waals surface area contributed by atoms with E-state index in [1.165, 1.54) is 0 Å². The highest BCUT2D eigenvalue weighted by Crippen LogP contribution is 2.29. The van der Waals surface area contributed by atoms with Crippen LogP contribution in [-0.4, -0.2) is 0 Å². The average Bonchev–Trinajstić information content (AvgIpc) is 2.23. The lowest BCUT2D eigenvalue weighted by Crippen LogP contribution is -1.78. The van der Waals surface area contributed by atoms with Crippen LogP contribution in [0.5, 0.6) is 0 Å². The van der Waals surface area contributed by atoms with Crippen molar-refractivity contribution in [1.82, 2.24) is 0 Å². The second-order valence-corrected chi connectivity index (χ2v) is 3.76. The van der Waals surface area contributed by atoms with E-state index in [-0.39, 0.29) is 0 Å². The molecule has 0 spiro atoms. The van der Waals surface area contributed by atoms with Crippen molar-refractivity contribution in [2.75, 3.05) is 0 Å². The van der Waals surface area contributed by atoms with Crippen LogP contribution in [0, 0.1) is 6.07 Å². The summed E-state index contributed by atoms with van der Waals surface area (Å²) < 4.78 is 0. The molecular formula is C12H7Cl2. The molecule has 0 fully saturated rings. The molecule has 0 nitrogen and oxygen atoms in total. The normalized spacial score (nSPS) is 10.1. The van der Waals surface area contributed by atoms with Crippen molar-refractivity contribution in [2.45, 2.75) is 0 Å². The summed E-state index contributed by atoms with van der Waals surface area (Å²) in [6, 6.07) is 16.0. The van der Waals surface area contributed by atoms with Gasteiger partial charge in [0.25, 0.3) is 0 Å². The van der Waals surface area contributed by atoms with Gasteiger partial charge in [0.2, 0.25) is 0 Å². The molecule has 0 saturated carbocycles. The topological polar surface area (TPSA) is 0 Å². The highest BCUT2D eigenvalue weighted by Gasteiger charge is 2.02. The molecule has 2 aromatic carbocycles. The van der Waals surface area contributed by atoms with Crippen molar-refractivity contribution in [3.05, 3.63) is 58.6 Å². The Morgan fingerprint density at radius 1 is 0.929 bits per heavy atom. The fourth-order valence-electron chi connectivity index (χ4n) is 1.29. The Labute approximate surface area is 93.1 Å². The van der Waals surface area contributed by atoms with Crippen molar-refractivity contribution in [3.63, 3.8) is 0 Å². The summed E-state index contributed by atoms with van der Waals surface area (Å²) in [6.45, 7) is 0. The molecule has 0 bridgehead atoms. The molecule has 69 valence electrons. The summed E-state index contributed by atoms with van der Waals surface area (Å²) in [7, 11) is 0. The van der Waals surface area contributed by atoms with Gasteiger partial charge in [-0.2, -0.15) is 0 Å². The summed E-state index contributed by atoms with van der Waals surface area (Å²) in [5.74, 6) is 0. The molecule has 2 rings (SSSR count). The van der Waals surface area contributed by atoms with Crippen LogP contribution in [0.25, 0.3) is 11.1 Å². The molecule has 14 heavy (non-hydrogen) atoms. The van der Waals surface area contributed by atoms with Crippen molar-refractivity contribution < 1.29 is 0 Å². The van der Waals surface area contributed by atoms with E-state index in [4.69, 9.17) is 23.2 Å². The van der Waals surface area contributed by atoms with Gasteiger partial charge >= 0.3 is 0 Å². The number of halogens is 2. The number of hydrogen-bond donors (Lipinski definition) is 0. The minimum Gasteiger partial charge on any atom is -0.0843 e. The zero-order chi connectivity index (χ0) is 9.97. The minimum atomic E-state index is 0.692. The quantitative estimate of drug-likeness (QED) is 0.668. The lowest BCUT2D eigenvalue weighted by atomic mass is 10.1. The van der Waals surface area contributed by atoms with Crippen LogP contribution >= 0.6 is 23.2 Å². The van der Waals surface area contributed by atoms with E-state index in [0.29, 0.717) is 10.0 Å². The highest BCUT2D eigenvalue weighted by atomic mass is 35.5. The van der Waals surface area contributed by atoms with Gasteiger partial charge in [-0.25, -0.2) is 0 Å². The maximum Gasteiger partial charge on any atom is 0.0485 e. The Morgan fingerprint density at radius 3 is 2.36 bits per heavy atom. The first-order valence-electron chi connectivity index (χ1n) is 4.19. The van der Waals surface area contributed by atoms with Gasteiger partial charge in [0.05, 0.1) is 0 Å². The van der Waals surface area contributed by atoms with Crippen LogP contribution in [0.2, 0.25) is 10.0 Å². The van der Waals surface area contributed by atoms with Gasteiger partial charge in [0.1, 0.15) is 0 Å². The van der Waals surface area contributed by atoms with Crippen LogP contribution in [0.15, 0.2) is 42.5 Å². The standard InChI is InChI=1S/C12H7Cl2/c13-10-6-7-12(14)11(8-10)9-4-2-1-3-5-9/h2-8H. The summed E-state index contributed by atoms with van der Waals surface area (Å²) in [5, 5.41) is 1.40. The van der Waals surface area contributed by atoms with E-state index in [2.05, 4.69) is 6.07 Å². The summed E-state index contributed by atoms with van der Waals surface area (Å²) in [5.41, 5.74) is 2.00. The molecule has 2 aromatic rings. The van der Waals surface area contributed by atoms with Crippen LogP contribution in [0.1, 0.15) is 0 Å². The summed E-state index contributed by atoms with van der Waals surface area (Å²) in [6.07, 6.45) is 0. The Kier molecular flexibility index (Phi) is 2.76. The minimum absolute atomic E-state index is 0.692. The highest BCUT2D eigenvalue weighted by molar-refractivity contribution is 6.35. The Balaban J connectivity index is 2.57. The van der Waals surface area contributed by atoms with Gasteiger partial charge in [0.15, 0.2) is 0 Å². The van der Waals surface area contributed by atoms with E-state index < -0.39 is 0 Å². The molecule has 0 saturated heterocycles. The third kappa shape index (κ3) is 1.92. The van der Waals surface area contributed by atoms with Crippen LogP contribution in [0.3, 0.4) is 0 Å². The van der Waals surface area contributed by atoms with Crippen LogP contribution in [0.4, 0.5) is 0 Å². The molecule has 0 aromatic heterocycles. The maximum absolute atomic E-state index is 6.06. The molecule has 0 amide bonds. The van der Waals surface area contributed by atoms with E-state index in [0.717, 1.165) is 11.1 Å². The fraction of sp³-hybridized carbons (Fsp3) is 0. The molecule has 0 aliphatic rings. The first-order valence-corrected chi connectivity index (χ1v) is 4.94. The van der Waals surface area contributed by atoms with Crippen molar-refractivity contribution in [2.24, 2.45) is 0 Å². The molecule has 0 atom stereocenters. The third-order valence-corrected chi connectivity index (χ3v) is 2.52. The molecular weight excluding hydrogens is 215 g/mol. The van der Waals surface area contributed by atoms with E-state index in [1.54, 1.807) is 12.1 Å². The second-order valence-electron chi connectivity index (χ2n) is 2.91. The van der Waals surface area contributed by atoms with Crippen LogP contribution < -0.4 is 0 Å². The van der Waals surface area contributed by atoms with Crippen molar-refractivity contribution >= 4 is 23.2 Å². The molecule has 0 N–H and O–H groups in total. The number of hydrogen-bond acceptors (Lipinski definition) is 0. The smallest absolute Gasteiger partial charge is 0.0485 e. The van der Waals surface area contributed by atoms with Crippen molar-refractivity contribution in [3.8, 4) is 11.1 Å². The second kappa shape index (κ2) is 4.04. The van der Waals surface area contributed by atoms with Gasteiger partial charge in [-0.1, -0.05) is 47.5 Å². The summed E-state index contributed by atoms with van der Waals surface area (Å²) >= 11 is 12.0. The van der Waals surface area contributed by atoms with Gasteiger partial charge in [-0.15, -0.1) is 0 Å². The Bertz CT molecular complexity index is 435. The van der Waals surface area contributed by atoms with Crippen LogP contribution in [-0.2, 0) is 0 Å². The van der Waals surface area contributed by atoms with E-state index >= 15 is 0 Å². The monoisotopic (exact) mass is 221 g/mol. The SMILES string of the molecule is Clc1ccc(Cl)c(-c2cc[c]cc2)c1. The molecule has 0 unspecified atom stereocenters. The van der Waals surface area contributed by atoms with Crippen molar-refractivity contribution in [1.29, 1.82) is 0 Å². The first kappa shape index (κ1) is 9.57. The first-order chi connectivity index (χ1) is 6.77. The maximum atomic E-state index is 6.06. The average molecular weight is 222 g/mol. The zero-order valence-corrected chi connectivity index (χ0v) is 8.81. The molecule has 2 heteroatoms. The van der Waals surface area contributed by atoms with Gasteiger partial charge in [0, 0.05) is 15.6 Å². The molecule has 1 radical (unpaired) electrons. The largest absolute Gasteiger partial charge is 0.0843 e. The lowest BCUT2D eigenvalue weighted by Gasteiger charge is -2.04. The predicted molar refractivity (Wildman–Crippen MR) is 60.7 cm³/mol. The van der Waals surface area contributed by atoms with Gasteiger partial charge in [-0.05, 0) is 29.8 Å². The molecule has 0 aliphatic heterocycles. The number of benzene rings is 2. The van der Waals surface area contributed by atoms with E-state index in [1.807, 2.05) is 30.3 Å².